The van der Waals surface area contributed by atoms with Gasteiger partial charge in [-0.25, -0.2) is 4.79 Å². The Morgan fingerprint density at radius 3 is 3.09 bits per heavy atom. The summed E-state index contributed by atoms with van der Waals surface area (Å²) in [7, 11) is 0. The van der Waals surface area contributed by atoms with Crippen LogP contribution in [0, 0.1) is 0 Å². The van der Waals surface area contributed by atoms with Gasteiger partial charge in [0.25, 0.3) is 0 Å². The van der Waals surface area contributed by atoms with Crippen LogP contribution in [-0.4, -0.2) is 22.5 Å². The molecule has 11 heavy (non-hydrogen) atoms. The van der Waals surface area contributed by atoms with Gasteiger partial charge in [-0.05, 0) is 0 Å². The van der Waals surface area contributed by atoms with Crippen molar-refractivity contribution >= 4 is 6.41 Å². The Balaban J connectivity index is 2.44. The van der Waals surface area contributed by atoms with E-state index >= 15 is 0 Å². The summed E-state index contributed by atoms with van der Waals surface area (Å²) in [5, 5.41) is 2.46. The van der Waals surface area contributed by atoms with Crippen LogP contribution in [0.5, 0.6) is 0 Å². The number of carbonyl (C=O) groups excluding carboxylic acids is 1. The van der Waals surface area contributed by atoms with E-state index in [0.717, 1.165) is 0 Å². The van der Waals surface area contributed by atoms with Crippen LogP contribution in [0.25, 0.3) is 0 Å². The minimum atomic E-state index is -0.155. The van der Waals surface area contributed by atoms with E-state index in [-0.39, 0.29) is 5.69 Å². The third-order valence-corrected chi connectivity index (χ3v) is 1.30. The lowest BCUT2D eigenvalue weighted by molar-refractivity contribution is -0.109. The lowest BCUT2D eigenvalue weighted by Crippen LogP contribution is -2.24. The van der Waals surface area contributed by atoms with Crippen LogP contribution >= 0.6 is 0 Å². The van der Waals surface area contributed by atoms with E-state index < -0.39 is 0 Å². The molecule has 60 valence electrons. The van der Waals surface area contributed by atoms with Gasteiger partial charge in [-0.3, -0.25) is 9.36 Å². The van der Waals surface area contributed by atoms with Crippen LogP contribution < -0.4 is 11.0 Å². The van der Waals surface area contributed by atoms with Crippen LogP contribution in [0.3, 0.4) is 0 Å². The number of carbonyl (C=O) groups is 1. The first-order valence-electron chi connectivity index (χ1n) is 3.25. The van der Waals surface area contributed by atoms with Crippen molar-refractivity contribution < 1.29 is 4.79 Å². The van der Waals surface area contributed by atoms with Crippen molar-refractivity contribution in [2.24, 2.45) is 0 Å². The highest BCUT2D eigenvalue weighted by Crippen LogP contribution is 1.75. The molecule has 1 aromatic rings. The Labute approximate surface area is 63.0 Å². The highest BCUT2D eigenvalue weighted by atomic mass is 16.1. The van der Waals surface area contributed by atoms with Crippen molar-refractivity contribution in [1.29, 1.82) is 0 Å². The van der Waals surface area contributed by atoms with Crippen molar-refractivity contribution in [2.45, 2.75) is 6.54 Å². The smallest absolute Gasteiger partial charge is 0.325 e. The topological polar surface area (TPSA) is 66.9 Å². The van der Waals surface area contributed by atoms with Gasteiger partial charge in [0.2, 0.25) is 6.41 Å². The molecule has 1 aromatic heterocycles. The molecule has 0 aliphatic rings. The van der Waals surface area contributed by atoms with Gasteiger partial charge in [-0.15, -0.1) is 0 Å². The van der Waals surface area contributed by atoms with Crippen molar-refractivity contribution in [1.82, 2.24) is 14.9 Å². The average molecular weight is 155 g/mol. The summed E-state index contributed by atoms with van der Waals surface area (Å²) < 4.78 is 1.48. The number of hydrogen-bond donors (Lipinski definition) is 2. The molecule has 1 amide bonds. The molecule has 1 heterocycles. The Morgan fingerprint density at radius 1 is 1.73 bits per heavy atom. The lowest BCUT2D eigenvalue weighted by Gasteiger charge is -1.97. The molecule has 0 saturated carbocycles. The average Bonchev–Trinajstić information content (AvgIpc) is 2.37. The monoisotopic (exact) mass is 155 g/mol. The van der Waals surface area contributed by atoms with Crippen molar-refractivity contribution in [2.75, 3.05) is 6.54 Å². The zero-order valence-electron chi connectivity index (χ0n) is 5.91. The van der Waals surface area contributed by atoms with E-state index in [1.54, 1.807) is 12.4 Å². The number of aromatic nitrogens is 2. The molecule has 5 heteroatoms. The second-order valence-corrected chi connectivity index (χ2v) is 2.03. The number of nitrogens with zero attached hydrogens (tertiary/aromatic N) is 1. The molecule has 0 radical (unpaired) electrons. The first-order chi connectivity index (χ1) is 5.34. The summed E-state index contributed by atoms with van der Waals surface area (Å²) >= 11 is 0. The maximum atomic E-state index is 10.8. The number of H-pyrrole nitrogens is 1. The number of rotatable bonds is 4. The Bertz CT molecular complexity index is 275. The predicted molar refractivity (Wildman–Crippen MR) is 39.1 cm³/mol. The van der Waals surface area contributed by atoms with Crippen LogP contribution in [0.2, 0.25) is 0 Å². The molecule has 1 rings (SSSR count). The fourth-order valence-electron chi connectivity index (χ4n) is 0.769. The van der Waals surface area contributed by atoms with Crippen molar-refractivity contribution in [3.8, 4) is 0 Å². The van der Waals surface area contributed by atoms with E-state index in [1.165, 1.54) is 4.57 Å². The summed E-state index contributed by atoms with van der Waals surface area (Å²) in [6.45, 7) is 0.975. The fraction of sp³-hybridized carbons (Fsp3) is 0.333. The normalized spacial score (nSPS) is 9.45. The quantitative estimate of drug-likeness (QED) is 0.429. The molecule has 0 saturated heterocycles. The van der Waals surface area contributed by atoms with Crippen LogP contribution in [0.1, 0.15) is 0 Å². The molecular weight excluding hydrogens is 146 g/mol. The Morgan fingerprint density at radius 2 is 2.55 bits per heavy atom. The molecule has 2 N–H and O–H groups in total. The molecular formula is C6H9N3O2. The van der Waals surface area contributed by atoms with Gasteiger partial charge in [0, 0.05) is 25.5 Å². The van der Waals surface area contributed by atoms with Gasteiger partial charge < -0.3 is 10.3 Å². The predicted octanol–water partition coefficient (Wildman–Crippen LogP) is -1.08. The van der Waals surface area contributed by atoms with E-state index in [4.69, 9.17) is 0 Å². The van der Waals surface area contributed by atoms with Gasteiger partial charge >= 0.3 is 5.69 Å². The number of imidazole rings is 1. The molecule has 0 aliphatic carbocycles. The standard InChI is InChI=1S/C6H9N3O2/c10-5-7-1-3-9-4-2-8-6(9)11/h2,4-5H,1,3H2,(H,7,10)(H,8,11). The molecule has 0 bridgehead atoms. The van der Waals surface area contributed by atoms with E-state index in [1.807, 2.05) is 0 Å². The molecule has 0 aliphatic heterocycles. The van der Waals surface area contributed by atoms with Crippen LogP contribution in [0.4, 0.5) is 0 Å². The summed E-state index contributed by atoms with van der Waals surface area (Å²) in [6, 6.07) is 0. The van der Waals surface area contributed by atoms with Crippen LogP contribution in [0.15, 0.2) is 17.2 Å². The largest absolute Gasteiger partial charge is 0.357 e. The molecule has 5 nitrogen and oxygen atoms in total. The van der Waals surface area contributed by atoms with E-state index in [2.05, 4.69) is 10.3 Å². The molecule has 0 unspecified atom stereocenters. The number of nitrogens with one attached hydrogen (secondary N) is 2. The zero-order valence-corrected chi connectivity index (χ0v) is 5.91. The summed E-state index contributed by atoms with van der Waals surface area (Å²) in [5.41, 5.74) is -0.155. The fourth-order valence-corrected chi connectivity index (χ4v) is 0.769. The van der Waals surface area contributed by atoms with Crippen molar-refractivity contribution in [3.63, 3.8) is 0 Å². The maximum Gasteiger partial charge on any atom is 0.325 e. The minimum Gasteiger partial charge on any atom is -0.357 e. The molecule has 0 spiro atoms. The molecule has 0 fully saturated rings. The maximum absolute atomic E-state index is 10.8. The minimum absolute atomic E-state index is 0.155. The first kappa shape index (κ1) is 7.59. The van der Waals surface area contributed by atoms with Gasteiger partial charge in [0.15, 0.2) is 0 Å². The van der Waals surface area contributed by atoms with Gasteiger partial charge in [0.05, 0.1) is 0 Å². The Hall–Kier alpha value is -1.52. The van der Waals surface area contributed by atoms with Crippen LogP contribution in [-0.2, 0) is 11.3 Å². The SMILES string of the molecule is O=CNCCn1cc[nH]c1=O. The van der Waals surface area contributed by atoms with Gasteiger partial charge in [-0.1, -0.05) is 0 Å². The third-order valence-electron chi connectivity index (χ3n) is 1.30. The molecule has 0 atom stereocenters. The Kier molecular flexibility index (Phi) is 2.48. The number of aromatic amines is 1. The second kappa shape index (κ2) is 3.60. The summed E-state index contributed by atoms with van der Waals surface area (Å²) in [5.74, 6) is 0. The first-order valence-corrected chi connectivity index (χ1v) is 3.25. The molecule has 0 aromatic carbocycles. The van der Waals surface area contributed by atoms with Gasteiger partial charge in [-0.2, -0.15) is 0 Å². The lowest BCUT2D eigenvalue weighted by atomic mass is 10.6. The second-order valence-electron chi connectivity index (χ2n) is 2.03. The summed E-state index contributed by atoms with van der Waals surface area (Å²) in [4.78, 5) is 23.1. The third kappa shape index (κ3) is 1.96. The number of hydrogen-bond acceptors (Lipinski definition) is 2. The van der Waals surface area contributed by atoms with Gasteiger partial charge in [0.1, 0.15) is 0 Å². The highest BCUT2D eigenvalue weighted by Gasteiger charge is 1.92. The summed E-state index contributed by atoms with van der Waals surface area (Å²) in [6.07, 6.45) is 3.80. The highest BCUT2D eigenvalue weighted by molar-refractivity contribution is 5.45. The van der Waals surface area contributed by atoms with E-state index in [0.29, 0.717) is 19.5 Å². The zero-order chi connectivity index (χ0) is 8.10. The number of amides is 1. The van der Waals surface area contributed by atoms with E-state index in [9.17, 15) is 9.59 Å². The van der Waals surface area contributed by atoms with Crippen molar-refractivity contribution in [3.05, 3.63) is 22.9 Å².